The van der Waals surface area contributed by atoms with Gasteiger partial charge in [0.05, 0.1) is 6.54 Å². The van der Waals surface area contributed by atoms with Crippen LogP contribution in [0.2, 0.25) is 0 Å². The monoisotopic (exact) mass is 381 g/mol. The van der Waals surface area contributed by atoms with Crippen molar-refractivity contribution in [1.82, 2.24) is 14.9 Å². The Balaban J connectivity index is 1.68. The van der Waals surface area contributed by atoms with Gasteiger partial charge < -0.3 is 10.3 Å². The van der Waals surface area contributed by atoms with Crippen molar-refractivity contribution < 1.29 is 9.18 Å². The average molecular weight is 381 g/mol. The zero-order valence-electron chi connectivity index (χ0n) is 15.2. The number of aryl methyl sites for hydroxylation is 1. The highest BCUT2D eigenvalue weighted by Gasteiger charge is 2.15. The van der Waals surface area contributed by atoms with E-state index in [1.54, 1.807) is 6.07 Å². The minimum absolute atomic E-state index is 0.185. The van der Waals surface area contributed by atoms with Gasteiger partial charge in [-0.3, -0.25) is 14.2 Å². The molecular formula is C21H20FN3O3. The molecule has 144 valence electrons. The van der Waals surface area contributed by atoms with Crippen LogP contribution in [-0.2, 0) is 13.0 Å². The third-order valence-corrected chi connectivity index (χ3v) is 4.36. The number of aromatic amines is 1. The van der Waals surface area contributed by atoms with Gasteiger partial charge in [-0.2, -0.15) is 0 Å². The number of carbonyl (C=O) groups is 1. The minimum Gasteiger partial charge on any atom is -0.352 e. The number of aromatic nitrogens is 2. The van der Waals surface area contributed by atoms with E-state index in [2.05, 4.69) is 10.3 Å². The fourth-order valence-electron chi connectivity index (χ4n) is 2.85. The van der Waals surface area contributed by atoms with Gasteiger partial charge in [0.15, 0.2) is 0 Å². The molecule has 3 rings (SSSR count). The van der Waals surface area contributed by atoms with E-state index in [9.17, 15) is 18.8 Å². The molecule has 28 heavy (non-hydrogen) atoms. The number of nitrogens with zero attached hydrogens (tertiary/aromatic N) is 1. The number of amides is 1. The van der Waals surface area contributed by atoms with Gasteiger partial charge >= 0.3 is 5.69 Å². The molecule has 0 saturated heterocycles. The molecule has 0 unspecified atom stereocenters. The molecular weight excluding hydrogens is 361 g/mol. The van der Waals surface area contributed by atoms with Crippen LogP contribution >= 0.6 is 0 Å². The van der Waals surface area contributed by atoms with E-state index in [1.807, 2.05) is 30.3 Å². The molecule has 3 aromatic rings. The zero-order valence-corrected chi connectivity index (χ0v) is 15.2. The normalized spacial score (nSPS) is 10.6. The number of hydrogen-bond donors (Lipinski definition) is 2. The summed E-state index contributed by atoms with van der Waals surface area (Å²) in [5.74, 6) is -1.10. The summed E-state index contributed by atoms with van der Waals surface area (Å²) in [5.41, 5.74) is -0.291. The van der Waals surface area contributed by atoms with E-state index in [4.69, 9.17) is 0 Å². The molecule has 0 aliphatic heterocycles. The van der Waals surface area contributed by atoms with Crippen LogP contribution in [0.5, 0.6) is 0 Å². The molecule has 1 heterocycles. The van der Waals surface area contributed by atoms with Crippen molar-refractivity contribution in [3.05, 3.63) is 104 Å². The molecule has 2 aromatic carbocycles. The summed E-state index contributed by atoms with van der Waals surface area (Å²) < 4.78 is 14.7. The SMILES string of the molecule is O=C(NCCCc1ccccc1)c1c[nH]c(=O)n(Cc2ccccc2F)c1=O. The molecule has 1 amide bonds. The lowest BCUT2D eigenvalue weighted by molar-refractivity contribution is 0.0950. The van der Waals surface area contributed by atoms with Gasteiger partial charge in [0.25, 0.3) is 11.5 Å². The van der Waals surface area contributed by atoms with Gasteiger partial charge in [-0.25, -0.2) is 9.18 Å². The van der Waals surface area contributed by atoms with E-state index < -0.39 is 23.0 Å². The Bertz CT molecular complexity index is 1070. The summed E-state index contributed by atoms with van der Waals surface area (Å²) in [6.45, 7) is 0.134. The van der Waals surface area contributed by atoms with Crippen LogP contribution in [0.4, 0.5) is 4.39 Å². The molecule has 0 bridgehead atoms. The highest BCUT2D eigenvalue weighted by Crippen LogP contribution is 2.06. The van der Waals surface area contributed by atoms with Gasteiger partial charge in [0.1, 0.15) is 11.4 Å². The minimum atomic E-state index is -0.757. The maximum atomic E-state index is 13.8. The second-order valence-electron chi connectivity index (χ2n) is 6.34. The van der Waals surface area contributed by atoms with Gasteiger partial charge in [0.2, 0.25) is 0 Å². The van der Waals surface area contributed by atoms with Crippen LogP contribution < -0.4 is 16.6 Å². The summed E-state index contributed by atoms with van der Waals surface area (Å²) in [7, 11) is 0. The van der Waals surface area contributed by atoms with Crippen molar-refractivity contribution in [2.24, 2.45) is 0 Å². The van der Waals surface area contributed by atoms with Crippen LogP contribution in [0.3, 0.4) is 0 Å². The van der Waals surface area contributed by atoms with E-state index >= 15 is 0 Å². The van der Waals surface area contributed by atoms with Crippen molar-refractivity contribution in [3.63, 3.8) is 0 Å². The Kier molecular flexibility index (Phi) is 6.16. The summed E-state index contributed by atoms with van der Waals surface area (Å²) in [6, 6.07) is 15.7. The predicted molar refractivity (Wildman–Crippen MR) is 104 cm³/mol. The lowest BCUT2D eigenvalue weighted by Gasteiger charge is -2.09. The van der Waals surface area contributed by atoms with Gasteiger partial charge in [-0.15, -0.1) is 0 Å². The number of benzene rings is 2. The van der Waals surface area contributed by atoms with Crippen molar-refractivity contribution in [3.8, 4) is 0 Å². The zero-order chi connectivity index (χ0) is 19.9. The van der Waals surface area contributed by atoms with Crippen molar-refractivity contribution in [1.29, 1.82) is 0 Å². The summed E-state index contributed by atoms with van der Waals surface area (Å²) in [5, 5.41) is 2.68. The average Bonchev–Trinajstić information content (AvgIpc) is 2.70. The maximum Gasteiger partial charge on any atom is 0.328 e. The quantitative estimate of drug-likeness (QED) is 0.615. The Labute approximate surface area is 160 Å². The van der Waals surface area contributed by atoms with Crippen LogP contribution in [0.25, 0.3) is 0 Å². The van der Waals surface area contributed by atoms with Crippen molar-refractivity contribution in [2.75, 3.05) is 6.54 Å². The molecule has 1 aromatic heterocycles. The maximum absolute atomic E-state index is 13.8. The molecule has 0 fully saturated rings. The molecule has 7 heteroatoms. The number of halogens is 1. The predicted octanol–water partition coefficient (Wildman–Crippen LogP) is 2.09. The Hall–Kier alpha value is -3.48. The van der Waals surface area contributed by atoms with Crippen LogP contribution in [0, 0.1) is 5.82 Å². The first-order valence-electron chi connectivity index (χ1n) is 8.94. The molecule has 0 saturated carbocycles. The highest BCUT2D eigenvalue weighted by atomic mass is 19.1. The number of H-pyrrole nitrogens is 1. The van der Waals surface area contributed by atoms with Gasteiger partial charge in [-0.1, -0.05) is 48.5 Å². The second kappa shape index (κ2) is 8.94. The smallest absolute Gasteiger partial charge is 0.328 e. The van der Waals surface area contributed by atoms with E-state index in [0.717, 1.165) is 22.7 Å². The molecule has 0 aliphatic rings. The van der Waals surface area contributed by atoms with Crippen LogP contribution in [0.15, 0.2) is 70.4 Å². The largest absolute Gasteiger partial charge is 0.352 e. The third-order valence-electron chi connectivity index (χ3n) is 4.36. The first kappa shape index (κ1) is 19.3. The third kappa shape index (κ3) is 4.62. The van der Waals surface area contributed by atoms with Crippen LogP contribution in [-0.4, -0.2) is 22.0 Å². The highest BCUT2D eigenvalue weighted by molar-refractivity contribution is 5.93. The number of hydrogen-bond acceptors (Lipinski definition) is 3. The first-order valence-corrected chi connectivity index (χ1v) is 8.94. The lowest BCUT2D eigenvalue weighted by atomic mass is 10.1. The lowest BCUT2D eigenvalue weighted by Crippen LogP contribution is -2.41. The second-order valence-corrected chi connectivity index (χ2v) is 6.34. The first-order chi connectivity index (χ1) is 13.6. The summed E-state index contributed by atoms with van der Waals surface area (Å²) in [4.78, 5) is 39.3. The van der Waals surface area contributed by atoms with Crippen LogP contribution in [0.1, 0.15) is 27.9 Å². The van der Waals surface area contributed by atoms with Gasteiger partial charge in [-0.05, 0) is 24.5 Å². The van der Waals surface area contributed by atoms with E-state index in [0.29, 0.717) is 13.0 Å². The molecule has 2 N–H and O–H groups in total. The Morgan fingerprint density at radius 1 is 1.04 bits per heavy atom. The Morgan fingerprint density at radius 3 is 2.50 bits per heavy atom. The summed E-state index contributed by atoms with van der Waals surface area (Å²) in [6.07, 6.45) is 2.60. The standard InChI is InChI=1S/C21H20FN3O3/c22-18-11-5-4-10-16(18)14-25-20(27)17(13-24-21(25)28)19(26)23-12-6-9-15-7-2-1-3-8-15/h1-5,7-8,10-11,13H,6,9,12,14H2,(H,23,26)(H,24,28). The number of rotatable bonds is 7. The molecule has 0 radical (unpaired) electrons. The number of nitrogens with one attached hydrogen (secondary N) is 2. The molecule has 0 aliphatic carbocycles. The molecule has 0 atom stereocenters. The molecule has 0 spiro atoms. The van der Waals surface area contributed by atoms with Crippen molar-refractivity contribution >= 4 is 5.91 Å². The topological polar surface area (TPSA) is 84.0 Å². The van der Waals surface area contributed by atoms with Crippen molar-refractivity contribution in [2.45, 2.75) is 19.4 Å². The fraction of sp³-hybridized carbons (Fsp3) is 0.190. The van der Waals surface area contributed by atoms with Gasteiger partial charge in [0, 0.05) is 18.3 Å². The summed E-state index contributed by atoms with van der Waals surface area (Å²) >= 11 is 0. The number of carbonyl (C=O) groups excluding carboxylic acids is 1. The van der Waals surface area contributed by atoms with E-state index in [-0.39, 0.29) is 17.7 Å². The fourth-order valence-corrected chi connectivity index (χ4v) is 2.85. The van der Waals surface area contributed by atoms with E-state index in [1.165, 1.54) is 18.2 Å². The molecule has 6 nitrogen and oxygen atoms in total. The Morgan fingerprint density at radius 2 is 1.75 bits per heavy atom.